The first-order valence-electron chi connectivity index (χ1n) is 6.34. The van der Waals surface area contributed by atoms with Crippen LogP contribution in [0.1, 0.15) is 28.5 Å². The number of hydrogen-bond acceptors (Lipinski definition) is 2. The van der Waals surface area contributed by atoms with Gasteiger partial charge in [-0.2, -0.15) is 0 Å². The smallest absolute Gasteiger partial charge is 0.255 e. The molecule has 0 unspecified atom stereocenters. The third-order valence-electron chi connectivity index (χ3n) is 2.99. The number of nitrogens with zero attached hydrogens (tertiary/aromatic N) is 1. The van der Waals surface area contributed by atoms with Crippen molar-refractivity contribution < 1.29 is 9.18 Å². The summed E-state index contributed by atoms with van der Waals surface area (Å²) in [6, 6.07) is 6.09. The molecule has 1 aromatic carbocycles. The molecule has 1 aromatic heterocycles. The van der Waals surface area contributed by atoms with Crippen molar-refractivity contribution in [2.45, 2.75) is 20.3 Å². The third kappa shape index (κ3) is 3.80. The molecule has 0 radical (unpaired) electrons. The van der Waals surface area contributed by atoms with E-state index in [-0.39, 0.29) is 16.9 Å². The van der Waals surface area contributed by atoms with Crippen LogP contribution in [0.15, 0.2) is 28.7 Å². The normalized spacial score (nSPS) is 10.5. The summed E-state index contributed by atoms with van der Waals surface area (Å²) in [4.78, 5) is 16.4. The molecule has 2 rings (SSSR count). The number of pyridine rings is 1. The molecule has 0 spiro atoms. The average Bonchev–Trinajstić information content (AvgIpc) is 2.43. The van der Waals surface area contributed by atoms with Crippen molar-refractivity contribution in [3.63, 3.8) is 0 Å². The fourth-order valence-corrected chi connectivity index (χ4v) is 2.41. The molecule has 0 saturated heterocycles. The molecule has 3 nitrogen and oxygen atoms in total. The number of benzene rings is 1. The molecule has 0 atom stereocenters. The minimum absolute atomic E-state index is 0.275. The Morgan fingerprint density at radius 1 is 1.38 bits per heavy atom. The molecule has 0 aliphatic carbocycles. The highest BCUT2D eigenvalue weighted by atomic mass is 79.9. The van der Waals surface area contributed by atoms with Crippen LogP contribution in [0.25, 0.3) is 0 Å². The van der Waals surface area contributed by atoms with Gasteiger partial charge in [-0.1, -0.05) is 18.5 Å². The first-order chi connectivity index (χ1) is 9.90. The molecule has 110 valence electrons. The van der Waals surface area contributed by atoms with Crippen LogP contribution in [0.2, 0.25) is 5.15 Å². The second-order valence-electron chi connectivity index (χ2n) is 4.56. The van der Waals surface area contributed by atoms with Gasteiger partial charge >= 0.3 is 0 Å². The van der Waals surface area contributed by atoms with E-state index in [1.54, 1.807) is 13.0 Å². The van der Waals surface area contributed by atoms with Crippen molar-refractivity contribution in [3.8, 4) is 0 Å². The number of carbonyl (C=O) groups is 1. The largest absolute Gasteiger partial charge is 0.322 e. The molecule has 0 fully saturated rings. The lowest BCUT2D eigenvalue weighted by atomic mass is 10.1. The van der Waals surface area contributed by atoms with E-state index in [1.165, 1.54) is 18.2 Å². The van der Waals surface area contributed by atoms with Crippen LogP contribution in [0.4, 0.5) is 10.1 Å². The van der Waals surface area contributed by atoms with E-state index in [0.717, 1.165) is 5.69 Å². The third-order valence-corrected chi connectivity index (χ3v) is 3.79. The van der Waals surface area contributed by atoms with E-state index in [2.05, 4.69) is 26.2 Å². The zero-order valence-corrected chi connectivity index (χ0v) is 13.8. The van der Waals surface area contributed by atoms with Gasteiger partial charge in [0.2, 0.25) is 0 Å². The minimum Gasteiger partial charge on any atom is -0.322 e. The van der Waals surface area contributed by atoms with Crippen molar-refractivity contribution in [2.75, 3.05) is 5.32 Å². The predicted octanol–water partition coefficient (Wildman–Crippen LogP) is 4.76. The lowest BCUT2D eigenvalue weighted by Gasteiger charge is -2.10. The van der Waals surface area contributed by atoms with Crippen LogP contribution in [-0.2, 0) is 6.42 Å². The number of aromatic nitrogens is 1. The molecule has 6 heteroatoms. The van der Waals surface area contributed by atoms with Crippen LogP contribution >= 0.6 is 27.5 Å². The first-order valence-corrected chi connectivity index (χ1v) is 7.51. The highest BCUT2D eigenvalue weighted by Gasteiger charge is 2.12. The summed E-state index contributed by atoms with van der Waals surface area (Å²) < 4.78 is 13.7. The van der Waals surface area contributed by atoms with Crippen LogP contribution < -0.4 is 5.32 Å². The van der Waals surface area contributed by atoms with Gasteiger partial charge in [0.15, 0.2) is 0 Å². The van der Waals surface area contributed by atoms with Crippen molar-refractivity contribution in [3.05, 3.63) is 56.5 Å². The number of hydrogen-bond donors (Lipinski definition) is 1. The SMILES string of the molecule is CCc1cc(C(=O)Nc2cc(Br)c(F)cc2C)cc(Cl)n1. The van der Waals surface area contributed by atoms with Gasteiger partial charge in [-0.25, -0.2) is 9.37 Å². The van der Waals surface area contributed by atoms with Crippen molar-refractivity contribution >= 4 is 39.1 Å². The Morgan fingerprint density at radius 2 is 2.10 bits per heavy atom. The molecule has 1 heterocycles. The molecule has 1 amide bonds. The molecule has 0 aliphatic heterocycles. The maximum atomic E-state index is 13.4. The minimum atomic E-state index is -0.370. The number of amides is 1. The monoisotopic (exact) mass is 370 g/mol. The Balaban J connectivity index is 2.30. The van der Waals surface area contributed by atoms with Gasteiger partial charge in [-0.3, -0.25) is 4.79 Å². The van der Waals surface area contributed by atoms with Gasteiger partial charge in [-0.05, 0) is 59.1 Å². The average molecular weight is 372 g/mol. The van der Waals surface area contributed by atoms with Crippen molar-refractivity contribution in [1.82, 2.24) is 4.98 Å². The van der Waals surface area contributed by atoms with Gasteiger partial charge in [0.25, 0.3) is 5.91 Å². The lowest BCUT2D eigenvalue weighted by molar-refractivity contribution is 0.102. The van der Waals surface area contributed by atoms with E-state index in [4.69, 9.17) is 11.6 Å². The van der Waals surface area contributed by atoms with Gasteiger partial charge in [0, 0.05) is 16.9 Å². The molecule has 0 bridgehead atoms. The predicted molar refractivity (Wildman–Crippen MR) is 85.4 cm³/mol. The second kappa shape index (κ2) is 6.54. The van der Waals surface area contributed by atoms with E-state index in [1.807, 2.05) is 6.92 Å². The number of rotatable bonds is 3. The number of halogens is 3. The van der Waals surface area contributed by atoms with Crippen LogP contribution in [-0.4, -0.2) is 10.9 Å². The molecular weight excluding hydrogens is 359 g/mol. The molecule has 1 N–H and O–H groups in total. The maximum Gasteiger partial charge on any atom is 0.255 e. The Kier molecular flexibility index (Phi) is 4.96. The van der Waals surface area contributed by atoms with Crippen LogP contribution in [0, 0.1) is 12.7 Å². The number of anilines is 1. The highest BCUT2D eigenvalue weighted by Crippen LogP contribution is 2.25. The highest BCUT2D eigenvalue weighted by molar-refractivity contribution is 9.10. The van der Waals surface area contributed by atoms with Gasteiger partial charge in [0.1, 0.15) is 11.0 Å². The molecule has 21 heavy (non-hydrogen) atoms. The topological polar surface area (TPSA) is 42.0 Å². The summed E-state index contributed by atoms with van der Waals surface area (Å²) in [6.07, 6.45) is 0.683. The van der Waals surface area contributed by atoms with Gasteiger partial charge < -0.3 is 5.32 Å². The van der Waals surface area contributed by atoms with Crippen molar-refractivity contribution in [1.29, 1.82) is 0 Å². The summed E-state index contributed by atoms with van der Waals surface area (Å²) in [7, 11) is 0. The van der Waals surface area contributed by atoms with Crippen molar-refractivity contribution in [2.24, 2.45) is 0 Å². The van der Waals surface area contributed by atoms with Gasteiger partial charge in [-0.15, -0.1) is 0 Å². The molecule has 0 aliphatic rings. The number of aryl methyl sites for hydroxylation is 2. The Labute approximate surface area is 135 Å². The van der Waals surface area contributed by atoms with E-state index in [0.29, 0.717) is 27.7 Å². The zero-order valence-electron chi connectivity index (χ0n) is 11.5. The summed E-state index contributed by atoms with van der Waals surface area (Å²) >= 11 is 9.01. The first kappa shape index (κ1) is 15.9. The second-order valence-corrected chi connectivity index (χ2v) is 5.80. The Morgan fingerprint density at radius 3 is 2.76 bits per heavy atom. The number of carbonyl (C=O) groups excluding carboxylic acids is 1. The molecular formula is C15H13BrClFN2O. The van der Waals surface area contributed by atoms with Gasteiger partial charge in [0.05, 0.1) is 4.47 Å². The summed E-state index contributed by atoms with van der Waals surface area (Å²) in [5.74, 6) is -0.679. The fraction of sp³-hybridized carbons (Fsp3) is 0.200. The van der Waals surface area contributed by atoms with Crippen LogP contribution in [0.3, 0.4) is 0 Å². The fourth-order valence-electron chi connectivity index (χ4n) is 1.84. The summed E-state index contributed by atoms with van der Waals surface area (Å²) in [6.45, 7) is 3.66. The zero-order chi connectivity index (χ0) is 15.6. The number of nitrogens with one attached hydrogen (secondary N) is 1. The Hall–Kier alpha value is -1.46. The van der Waals surface area contributed by atoms with E-state index < -0.39 is 0 Å². The molecule has 2 aromatic rings. The van der Waals surface area contributed by atoms with Crippen LogP contribution in [0.5, 0.6) is 0 Å². The molecule has 0 saturated carbocycles. The Bertz CT molecular complexity index is 706. The summed E-state index contributed by atoms with van der Waals surface area (Å²) in [5, 5.41) is 3.03. The standard InChI is InChI=1S/C15H13BrClFN2O/c1-3-10-5-9(6-14(17)19-10)15(21)20-13-7-11(16)12(18)4-8(13)2/h4-7H,3H2,1-2H3,(H,20,21). The maximum absolute atomic E-state index is 13.4. The summed E-state index contributed by atoms with van der Waals surface area (Å²) in [5.41, 5.74) is 2.34. The quantitative estimate of drug-likeness (QED) is 0.790. The van der Waals surface area contributed by atoms with E-state index >= 15 is 0 Å². The lowest BCUT2D eigenvalue weighted by Crippen LogP contribution is -2.14. The van der Waals surface area contributed by atoms with E-state index in [9.17, 15) is 9.18 Å².